The molecule has 0 bridgehead atoms. The number of nitrogens with one attached hydrogen (secondary N) is 1. The normalized spacial score (nSPS) is 11.3. The summed E-state index contributed by atoms with van der Waals surface area (Å²) in [5, 5.41) is 2.85. The fourth-order valence-corrected chi connectivity index (χ4v) is 1.90. The predicted molar refractivity (Wildman–Crippen MR) is 81.8 cm³/mol. The molecule has 0 saturated heterocycles. The van der Waals surface area contributed by atoms with Gasteiger partial charge in [-0.2, -0.15) is 18.2 Å². The Morgan fingerprint density at radius 3 is 2.52 bits per heavy atom. The van der Waals surface area contributed by atoms with Crippen LogP contribution in [0.4, 0.5) is 24.8 Å². The lowest BCUT2D eigenvalue weighted by Gasteiger charge is -2.14. The first-order valence-electron chi connectivity index (χ1n) is 7.40. The van der Waals surface area contributed by atoms with Crippen LogP contribution in [-0.4, -0.2) is 16.6 Å². The third-order valence-electron chi connectivity index (χ3n) is 3.08. The molecule has 0 saturated carbocycles. The Morgan fingerprint density at radius 1 is 1.13 bits per heavy atom. The van der Waals surface area contributed by atoms with Gasteiger partial charge in [0.2, 0.25) is 11.8 Å². The number of halogens is 3. The fourth-order valence-electron chi connectivity index (χ4n) is 1.90. The van der Waals surface area contributed by atoms with Crippen LogP contribution in [0.3, 0.4) is 0 Å². The van der Waals surface area contributed by atoms with Crippen molar-refractivity contribution in [3.63, 3.8) is 0 Å². The first-order valence-corrected chi connectivity index (χ1v) is 7.40. The van der Waals surface area contributed by atoms with Crippen molar-refractivity contribution in [1.29, 1.82) is 0 Å². The van der Waals surface area contributed by atoms with Gasteiger partial charge in [-0.15, -0.1) is 0 Å². The van der Waals surface area contributed by atoms with Crippen LogP contribution in [0.5, 0.6) is 5.88 Å². The van der Waals surface area contributed by atoms with E-state index in [1.165, 1.54) is 0 Å². The van der Waals surface area contributed by atoms with E-state index in [4.69, 9.17) is 4.74 Å². The number of benzene rings is 1. The van der Waals surface area contributed by atoms with Crippen LogP contribution >= 0.6 is 0 Å². The molecule has 0 unspecified atom stereocenters. The van der Waals surface area contributed by atoms with Crippen molar-refractivity contribution in [3.8, 4) is 5.88 Å². The molecule has 0 spiro atoms. The minimum Gasteiger partial charge on any atom is -0.477 e. The van der Waals surface area contributed by atoms with Crippen LogP contribution < -0.4 is 10.1 Å². The molecule has 0 radical (unpaired) electrons. The molecule has 0 aliphatic carbocycles. The molecular formula is C16H18F3N3O. The summed E-state index contributed by atoms with van der Waals surface area (Å²) in [4.78, 5) is 7.59. The summed E-state index contributed by atoms with van der Waals surface area (Å²) in [6.45, 7) is 2.20. The highest BCUT2D eigenvalue weighted by atomic mass is 19.4. The minimum absolute atomic E-state index is 0.0645. The van der Waals surface area contributed by atoms with Crippen molar-refractivity contribution in [3.05, 3.63) is 42.1 Å². The number of unbranched alkanes of at least 4 members (excludes halogenated alkanes) is 2. The van der Waals surface area contributed by atoms with E-state index >= 15 is 0 Å². The van der Waals surface area contributed by atoms with E-state index in [0.717, 1.165) is 19.0 Å². The van der Waals surface area contributed by atoms with Crippen molar-refractivity contribution in [2.24, 2.45) is 0 Å². The van der Waals surface area contributed by atoms with E-state index in [1.54, 1.807) is 24.3 Å². The molecule has 0 amide bonds. The molecule has 2 rings (SSSR count). The SMILES string of the molecule is CCCCCOc1nc(Nc2ccccc2)ncc1C(F)(F)F. The Hall–Kier alpha value is -2.31. The number of aromatic nitrogens is 2. The number of ether oxygens (including phenoxy) is 1. The zero-order valence-corrected chi connectivity index (χ0v) is 12.7. The highest BCUT2D eigenvalue weighted by Gasteiger charge is 2.36. The molecule has 124 valence electrons. The highest BCUT2D eigenvalue weighted by molar-refractivity contribution is 5.53. The van der Waals surface area contributed by atoms with Crippen molar-refractivity contribution in [1.82, 2.24) is 9.97 Å². The Kier molecular flexibility index (Phi) is 5.78. The van der Waals surface area contributed by atoms with Crippen molar-refractivity contribution in [2.45, 2.75) is 32.4 Å². The Labute approximate surface area is 132 Å². The summed E-state index contributed by atoms with van der Waals surface area (Å²) < 4.78 is 44.2. The van der Waals surface area contributed by atoms with Crippen LogP contribution in [0, 0.1) is 0 Å². The number of alkyl halides is 3. The molecule has 7 heteroatoms. The van der Waals surface area contributed by atoms with Gasteiger partial charge >= 0.3 is 6.18 Å². The number of rotatable bonds is 7. The summed E-state index contributed by atoms with van der Waals surface area (Å²) in [7, 11) is 0. The standard InChI is InChI=1S/C16H18F3N3O/c1-2-3-7-10-23-14-13(16(17,18)19)11-20-15(22-14)21-12-8-5-4-6-9-12/h4-6,8-9,11H,2-3,7,10H2,1H3,(H,20,21,22). The van der Waals surface area contributed by atoms with Gasteiger partial charge in [-0.1, -0.05) is 38.0 Å². The molecular weight excluding hydrogens is 307 g/mol. The molecule has 4 nitrogen and oxygen atoms in total. The van der Waals surface area contributed by atoms with Crippen molar-refractivity contribution in [2.75, 3.05) is 11.9 Å². The quantitative estimate of drug-likeness (QED) is 0.742. The molecule has 23 heavy (non-hydrogen) atoms. The molecule has 1 aromatic carbocycles. The number of para-hydroxylation sites is 1. The zero-order valence-electron chi connectivity index (χ0n) is 12.7. The van der Waals surface area contributed by atoms with Gasteiger partial charge < -0.3 is 10.1 Å². The second-order valence-corrected chi connectivity index (χ2v) is 4.96. The van der Waals surface area contributed by atoms with E-state index < -0.39 is 17.6 Å². The van der Waals surface area contributed by atoms with E-state index in [9.17, 15) is 13.2 Å². The molecule has 1 N–H and O–H groups in total. The van der Waals surface area contributed by atoms with Crippen molar-refractivity contribution >= 4 is 11.6 Å². The topological polar surface area (TPSA) is 47.0 Å². The van der Waals surface area contributed by atoms with E-state index in [-0.39, 0.29) is 12.6 Å². The Balaban J connectivity index is 2.18. The number of hydrogen-bond donors (Lipinski definition) is 1. The maximum Gasteiger partial charge on any atom is 0.423 e. The first kappa shape index (κ1) is 17.1. The van der Waals surface area contributed by atoms with Gasteiger partial charge in [0, 0.05) is 11.9 Å². The summed E-state index contributed by atoms with van der Waals surface area (Å²) in [6.07, 6.45) is -1.28. The van der Waals surface area contributed by atoms with Gasteiger partial charge in [-0.05, 0) is 18.6 Å². The van der Waals surface area contributed by atoms with Crippen LogP contribution in [0.15, 0.2) is 36.5 Å². The number of hydrogen-bond acceptors (Lipinski definition) is 4. The highest BCUT2D eigenvalue weighted by Crippen LogP contribution is 2.35. The third kappa shape index (κ3) is 5.12. The van der Waals surface area contributed by atoms with Gasteiger partial charge in [0.15, 0.2) is 0 Å². The summed E-state index contributed by atoms with van der Waals surface area (Å²) >= 11 is 0. The molecule has 0 aliphatic rings. The number of nitrogens with zero attached hydrogens (tertiary/aromatic N) is 2. The largest absolute Gasteiger partial charge is 0.477 e. The van der Waals surface area contributed by atoms with Crippen LogP contribution in [0.1, 0.15) is 31.7 Å². The Morgan fingerprint density at radius 2 is 1.87 bits per heavy atom. The fraction of sp³-hybridized carbons (Fsp3) is 0.375. The van der Waals surface area contributed by atoms with Crippen LogP contribution in [0.2, 0.25) is 0 Å². The third-order valence-corrected chi connectivity index (χ3v) is 3.08. The van der Waals surface area contributed by atoms with E-state index in [2.05, 4.69) is 15.3 Å². The van der Waals surface area contributed by atoms with Gasteiger partial charge in [0.1, 0.15) is 5.56 Å². The second-order valence-electron chi connectivity index (χ2n) is 4.96. The summed E-state index contributed by atoms with van der Waals surface area (Å²) in [5.41, 5.74) is -0.281. The average molecular weight is 325 g/mol. The number of anilines is 2. The predicted octanol–water partition coefficient (Wildman–Crippen LogP) is 4.81. The zero-order chi connectivity index (χ0) is 16.7. The summed E-state index contributed by atoms with van der Waals surface area (Å²) in [6, 6.07) is 8.97. The van der Waals surface area contributed by atoms with Gasteiger partial charge in [-0.3, -0.25) is 0 Å². The maximum absolute atomic E-state index is 13.0. The second kappa shape index (κ2) is 7.80. The van der Waals surface area contributed by atoms with Gasteiger partial charge in [0.25, 0.3) is 0 Å². The molecule has 0 aliphatic heterocycles. The molecule has 1 heterocycles. The lowest BCUT2D eigenvalue weighted by Crippen LogP contribution is -2.13. The average Bonchev–Trinajstić information content (AvgIpc) is 2.52. The van der Waals surface area contributed by atoms with Crippen LogP contribution in [0.25, 0.3) is 0 Å². The maximum atomic E-state index is 13.0. The van der Waals surface area contributed by atoms with E-state index in [1.807, 2.05) is 13.0 Å². The molecule has 2 aromatic rings. The molecule has 0 fully saturated rings. The first-order chi connectivity index (χ1) is 11.0. The lowest BCUT2D eigenvalue weighted by atomic mass is 10.3. The minimum atomic E-state index is -4.55. The monoisotopic (exact) mass is 325 g/mol. The molecule has 1 aromatic heterocycles. The summed E-state index contributed by atoms with van der Waals surface area (Å²) in [5.74, 6) is -0.378. The van der Waals surface area contributed by atoms with Gasteiger partial charge in [0.05, 0.1) is 6.61 Å². The van der Waals surface area contributed by atoms with Crippen molar-refractivity contribution < 1.29 is 17.9 Å². The lowest BCUT2D eigenvalue weighted by molar-refractivity contribution is -0.139. The van der Waals surface area contributed by atoms with Crippen LogP contribution in [-0.2, 0) is 6.18 Å². The van der Waals surface area contributed by atoms with E-state index in [0.29, 0.717) is 12.1 Å². The van der Waals surface area contributed by atoms with Gasteiger partial charge in [-0.25, -0.2) is 4.98 Å². The molecule has 0 atom stereocenters. The Bertz CT molecular complexity index is 618. The smallest absolute Gasteiger partial charge is 0.423 e.